The Morgan fingerprint density at radius 3 is 1.38 bits per heavy atom. The first-order valence-electron chi connectivity index (χ1n) is 6.15. The molecular weight excluding hydrogens is 268 g/mol. The van der Waals surface area contributed by atoms with Crippen LogP contribution in [0.2, 0.25) is 0 Å². The summed E-state index contributed by atoms with van der Waals surface area (Å²) in [5.41, 5.74) is 1.35. The number of rotatable bonds is 6. The monoisotopic (exact) mass is 280 g/mol. The average molecular weight is 280 g/mol. The zero-order chi connectivity index (χ0) is 14.9. The first-order valence-corrected chi connectivity index (χ1v) is 6.15. The molecule has 0 bridgehead atoms. The van der Waals surface area contributed by atoms with Crippen LogP contribution in [0.15, 0.2) is 58.5 Å². The molecule has 0 atom stereocenters. The lowest BCUT2D eigenvalue weighted by atomic mass is 10.3. The number of hydrogen-bond acceptors (Lipinski definition) is 5. The van der Waals surface area contributed by atoms with Gasteiger partial charge < -0.3 is 4.74 Å². The van der Waals surface area contributed by atoms with E-state index in [1.807, 2.05) is 0 Å². The topological polar surface area (TPSA) is 68.1 Å². The molecule has 0 saturated carbocycles. The third-order valence-electron chi connectivity index (χ3n) is 2.48. The summed E-state index contributed by atoms with van der Waals surface area (Å²) >= 11 is 0. The van der Waals surface area contributed by atoms with Crippen molar-refractivity contribution in [1.29, 1.82) is 0 Å². The van der Waals surface area contributed by atoms with Crippen LogP contribution in [0.4, 0.5) is 11.4 Å². The van der Waals surface area contributed by atoms with Gasteiger partial charge in [0.25, 0.3) is 0 Å². The molecule has 0 spiro atoms. The lowest BCUT2D eigenvalue weighted by molar-refractivity contribution is -0.103. The van der Waals surface area contributed by atoms with Gasteiger partial charge >= 0.3 is 0 Å². The fourth-order valence-corrected chi connectivity index (χ4v) is 1.57. The Balaban J connectivity index is 2.04. The summed E-state index contributed by atoms with van der Waals surface area (Å²) in [4.78, 5) is 28.2. The molecule has 5 heteroatoms. The predicted molar refractivity (Wildman–Crippen MR) is 81.4 cm³/mol. The fraction of sp³-hybridized carbons (Fsp3) is 0. The molecule has 0 aliphatic rings. The van der Waals surface area contributed by atoms with Crippen molar-refractivity contribution in [3.05, 3.63) is 48.5 Å². The van der Waals surface area contributed by atoms with Crippen LogP contribution in [-0.4, -0.2) is 25.0 Å². The van der Waals surface area contributed by atoms with Crippen LogP contribution in [0.25, 0.3) is 0 Å². The van der Waals surface area contributed by atoms with Crippen molar-refractivity contribution in [3.63, 3.8) is 0 Å². The van der Waals surface area contributed by atoms with Crippen LogP contribution >= 0.6 is 0 Å². The molecule has 0 aliphatic carbocycles. The van der Waals surface area contributed by atoms with Gasteiger partial charge in [-0.15, -0.1) is 0 Å². The minimum Gasteiger partial charge on any atom is -0.457 e. The molecule has 0 heterocycles. The van der Waals surface area contributed by atoms with Crippen LogP contribution < -0.4 is 4.74 Å². The number of aliphatic imine (C=N–C) groups is 2. The van der Waals surface area contributed by atoms with Crippen LogP contribution in [0.5, 0.6) is 11.5 Å². The molecule has 21 heavy (non-hydrogen) atoms. The molecule has 5 nitrogen and oxygen atoms in total. The van der Waals surface area contributed by atoms with E-state index < -0.39 is 0 Å². The molecule has 0 saturated heterocycles. The van der Waals surface area contributed by atoms with Crippen molar-refractivity contribution in [2.45, 2.75) is 0 Å². The smallest absolute Gasteiger partial charge is 0.161 e. The maximum atomic E-state index is 10.2. The van der Waals surface area contributed by atoms with Crippen molar-refractivity contribution in [3.8, 4) is 11.5 Å². The molecule has 0 radical (unpaired) electrons. The van der Waals surface area contributed by atoms with Crippen molar-refractivity contribution in [1.82, 2.24) is 0 Å². The van der Waals surface area contributed by atoms with Crippen molar-refractivity contribution >= 4 is 36.4 Å². The Hall–Kier alpha value is -3.08. The molecule has 2 aromatic rings. The van der Waals surface area contributed by atoms with Crippen molar-refractivity contribution in [2.24, 2.45) is 9.98 Å². The Bertz CT molecular complexity index is 599. The van der Waals surface area contributed by atoms with E-state index in [1.54, 1.807) is 48.5 Å². The van der Waals surface area contributed by atoms with Gasteiger partial charge in [0.2, 0.25) is 0 Å². The number of ether oxygens (including phenoxy) is 1. The van der Waals surface area contributed by atoms with Crippen molar-refractivity contribution < 1.29 is 14.3 Å². The first-order chi connectivity index (χ1) is 10.3. The van der Waals surface area contributed by atoms with E-state index in [1.165, 1.54) is 12.4 Å². The summed E-state index contributed by atoms with van der Waals surface area (Å²) in [6, 6.07) is 14.0. The molecule has 0 aromatic heterocycles. The lowest BCUT2D eigenvalue weighted by Gasteiger charge is -2.05. The highest BCUT2D eigenvalue weighted by Crippen LogP contribution is 2.25. The Labute approximate surface area is 121 Å². The van der Waals surface area contributed by atoms with Gasteiger partial charge in [-0.3, -0.25) is 19.6 Å². The zero-order valence-corrected chi connectivity index (χ0v) is 11.0. The molecule has 104 valence electrons. The number of benzene rings is 2. The van der Waals surface area contributed by atoms with E-state index >= 15 is 0 Å². The molecular formula is C16H12N2O3. The maximum Gasteiger partial charge on any atom is 0.161 e. The number of carbonyl (C=O) groups is 2. The Kier molecular flexibility index (Phi) is 5.11. The van der Waals surface area contributed by atoms with Gasteiger partial charge in [0.05, 0.1) is 23.8 Å². The van der Waals surface area contributed by atoms with Gasteiger partial charge in [0.15, 0.2) is 12.6 Å². The number of carbonyl (C=O) groups excluding carboxylic acids is 2. The Morgan fingerprint density at radius 2 is 1.05 bits per heavy atom. The summed E-state index contributed by atoms with van der Waals surface area (Å²) in [6.45, 7) is 0. The molecule has 0 amide bonds. The molecule has 0 aliphatic heterocycles. The van der Waals surface area contributed by atoms with Crippen LogP contribution in [0.1, 0.15) is 0 Å². The number of hydrogen-bond donors (Lipinski definition) is 0. The third-order valence-corrected chi connectivity index (χ3v) is 2.48. The summed E-state index contributed by atoms with van der Waals surface area (Å²) < 4.78 is 5.65. The number of nitrogens with zero attached hydrogens (tertiary/aromatic N) is 2. The summed E-state index contributed by atoms with van der Waals surface area (Å²) in [5.74, 6) is 1.31. The van der Waals surface area contributed by atoms with E-state index in [-0.39, 0.29) is 0 Å². The normalized spacial score (nSPS) is 10.9. The highest BCUT2D eigenvalue weighted by atomic mass is 16.5. The molecule has 2 rings (SSSR count). The van der Waals surface area contributed by atoms with Gasteiger partial charge in [-0.25, -0.2) is 0 Å². The second-order valence-corrected chi connectivity index (χ2v) is 3.92. The highest BCUT2D eigenvalue weighted by molar-refractivity contribution is 6.14. The Morgan fingerprint density at radius 1 is 0.667 bits per heavy atom. The summed E-state index contributed by atoms with van der Waals surface area (Å²) in [7, 11) is 0. The van der Waals surface area contributed by atoms with E-state index in [0.29, 0.717) is 35.4 Å². The minimum absolute atomic E-state index is 0.624. The largest absolute Gasteiger partial charge is 0.457 e. The molecule has 2 aromatic carbocycles. The zero-order valence-electron chi connectivity index (χ0n) is 11.0. The molecule has 0 N–H and O–H groups in total. The van der Waals surface area contributed by atoms with Crippen molar-refractivity contribution in [2.75, 3.05) is 0 Å². The second kappa shape index (κ2) is 7.49. The average Bonchev–Trinajstić information content (AvgIpc) is 2.53. The minimum atomic E-state index is 0.624. The number of aldehydes is 2. The molecule has 0 fully saturated rings. The van der Waals surface area contributed by atoms with Gasteiger partial charge in [-0.1, -0.05) is 0 Å². The standard InChI is InChI=1S/C16H12N2O3/c19-11-9-17-13-1-5-15(6-2-13)21-16-7-3-14(4-8-16)18-10-12-20/h1-12H. The predicted octanol–water partition coefficient (Wildman–Crippen LogP) is 3.28. The summed E-state index contributed by atoms with van der Waals surface area (Å²) in [6.07, 6.45) is 3.63. The highest BCUT2D eigenvalue weighted by Gasteiger charge is 1.98. The lowest BCUT2D eigenvalue weighted by Crippen LogP contribution is -1.83. The van der Waals surface area contributed by atoms with E-state index in [2.05, 4.69) is 9.98 Å². The molecule has 0 unspecified atom stereocenters. The SMILES string of the molecule is O=CC=Nc1ccc(Oc2ccc(N=CC=O)cc2)cc1. The third kappa shape index (κ3) is 4.50. The maximum absolute atomic E-state index is 10.2. The first kappa shape index (κ1) is 14.3. The van der Waals surface area contributed by atoms with E-state index in [0.717, 1.165) is 0 Å². The quantitative estimate of drug-likeness (QED) is 0.602. The van der Waals surface area contributed by atoms with E-state index in [9.17, 15) is 9.59 Å². The van der Waals surface area contributed by atoms with Crippen LogP contribution in [0.3, 0.4) is 0 Å². The van der Waals surface area contributed by atoms with Crippen LogP contribution in [-0.2, 0) is 9.59 Å². The van der Waals surface area contributed by atoms with Gasteiger partial charge in [0.1, 0.15) is 11.5 Å². The van der Waals surface area contributed by atoms with Gasteiger partial charge in [0, 0.05) is 0 Å². The second-order valence-electron chi connectivity index (χ2n) is 3.92. The van der Waals surface area contributed by atoms with E-state index in [4.69, 9.17) is 4.74 Å². The summed E-state index contributed by atoms with van der Waals surface area (Å²) in [5, 5.41) is 0. The van der Waals surface area contributed by atoms with Crippen LogP contribution in [0, 0.1) is 0 Å². The van der Waals surface area contributed by atoms with Gasteiger partial charge in [-0.05, 0) is 48.5 Å². The fourth-order valence-electron chi connectivity index (χ4n) is 1.57. The van der Waals surface area contributed by atoms with Gasteiger partial charge in [-0.2, -0.15) is 0 Å².